The third-order valence-corrected chi connectivity index (χ3v) is 3.24. The zero-order valence-electron chi connectivity index (χ0n) is 11.5. The molecule has 0 bridgehead atoms. The highest BCUT2D eigenvalue weighted by Crippen LogP contribution is 2.20. The molecule has 0 aromatic carbocycles. The standard InChI is InChI=1S/C13H14F3N3O3/c14-13(15,16)7-22-10-2-1-8(5-18-10)12(21)19-4-3-9(6-19)11(17)20/h1-2,5,9H,3-4,6-7H2,(H2,17,20)/t9-/m0/s1. The van der Waals surface area contributed by atoms with Gasteiger partial charge in [-0.05, 0) is 12.5 Å². The smallest absolute Gasteiger partial charge is 0.422 e. The summed E-state index contributed by atoms with van der Waals surface area (Å²) in [7, 11) is 0. The highest BCUT2D eigenvalue weighted by atomic mass is 19.4. The molecular formula is C13H14F3N3O3. The molecule has 0 radical (unpaired) electrons. The van der Waals surface area contributed by atoms with Crippen molar-refractivity contribution in [1.82, 2.24) is 9.88 Å². The van der Waals surface area contributed by atoms with E-state index >= 15 is 0 Å². The molecule has 1 aromatic rings. The zero-order valence-corrected chi connectivity index (χ0v) is 11.5. The van der Waals surface area contributed by atoms with E-state index in [1.54, 1.807) is 0 Å². The number of hydrogen-bond donors (Lipinski definition) is 1. The number of ether oxygens (including phenoxy) is 1. The molecule has 22 heavy (non-hydrogen) atoms. The van der Waals surface area contributed by atoms with Crippen molar-refractivity contribution in [3.63, 3.8) is 0 Å². The number of halogens is 3. The lowest BCUT2D eigenvalue weighted by atomic mass is 10.1. The molecule has 6 nitrogen and oxygen atoms in total. The molecule has 0 spiro atoms. The van der Waals surface area contributed by atoms with Crippen LogP contribution in [0, 0.1) is 5.92 Å². The van der Waals surface area contributed by atoms with Gasteiger partial charge in [-0.25, -0.2) is 4.98 Å². The van der Waals surface area contributed by atoms with E-state index in [-0.39, 0.29) is 29.8 Å². The molecule has 2 heterocycles. The molecule has 1 fully saturated rings. The van der Waals surface area contributed by atoms with Gasteiger partial charge in [0.2, 0.25) is 11.8 Å². The van der Waals surface area contributed by atoms with Gasteiger partial charge in [-0.1, -0.05) is 0 Å². The third-order valence-electron chi connectivity index (χ3n) is 3.24. The minimum atomic E-state index is -4.45. The summed E-state index contributed by atoms with van der Waals surface area (Å²) in [6.07, 6.45) is -2.80. The van der Waals surface area contributed by atoms with Gasteiger partial charge in [-0.3, -0.25) is 9.59 Å². The number of likely N-dealkylation sites (tertiary alicyclic amines) is 1. The fourth-order valence-corrected chi connectivity index (χ4v) is 2.11. The maximum Gasteiger partial charge on any atom is 0.422 e. The number of rotatable bonds is 4. The molecule has 9 heteroatoms. The van der Waals surface area contributed by atoms with Gasteiger partial charge in [0, 0.05) is 25.4 Å². The van der Waals surface area contributed by atoms with Gasteiger partial charge in [0.25, 0.3) is 5.91 Å². The maximum absolute atomic E-state index is 12.2. The number of carbonyl (C=O) groups excluding carboxylic acids is 2. The van der Waals surface area contributed by atoms with Crippen LogP contribution in [0.15, 0.2) is 18.3 Å². The maximum atomic E-state index is 12.2. The van der Waals surface area contributed by atoms with Gasteiger partial charge >= 0.3 is 6.18 Å². The molecule has 0 aliphatic carbocycles. The van der Waals surface area contributed by atoms with E-state index in [1.807, 2.05) is 0 Å². The molecular weight excluding hydrogens is 303 g/mol. The zero-order chi connectivity index (χ0) is 16.3. The molecule has 1 atom stereocenters. The van der Waals surface area contributed by atoms with Crippen LogP contribution < -0.4 is 10.5 Å². The van der Waals surface area contributed by atoms with Crippen LogP contribution in [0.4, 0.5) is 13.2 Å². The summed E-state index contributed by atoms with van der Waals surface area (Å²) in [5.41, 5.74) is 5.40. The van der Waals surface area contributed by atoms with E-state index in [9.17, 15) is 22.8 Å². The third kappa shape index (κ3) is 4.09. The van der Waals surface area contributed by atoms with Gasteiger partial charge in [-0.15, -0.1) is 0 Å². The highest BCUT2D eigenvalue weighted by Gasteiger charge is 2.31. The Hall–Kier alpha value is -2.32. The Kier molecular flexibility index (Phi) is 4.53. The first-order chi connectivity index (χ1) is 10.3. The molecule has 2 amide bonds. The number of primary amides is 1. The number of hydrogen-bond acceptors (Lipinski definition) is 4. The van der Waals surface area contributed by atoms with Gasteiger partial charge in [0.1, 0.15) is 0 Å². The van der Waals surface area contributed by atoms with Crippen molar-refractivity contribution in [2.24, 2.45) is 11.7 Å². The minimum absolute atomic E-state index is 0.212. The number of carbonyl (C=O) groups is 2. The van der Waals surface area contributed by atoms with Crippen molar-refractivity contribution < 1.29 is 27.5 Å². The summed E-state index contributed by atoms with van der Waals surface area (Å²) >= 11 is 0. The number of aromatic nitrogens is 1. The summed E-state index contributed by atoms with van der Waals surface area (Å²) in [6.45, 7) is -0.807. The molecule has 1 aliphatic rings. The monoisotopic (exact) mass is 317 g/mol. The number of alkyl halides is 3. The average Bonchev–Trinajstić information content (AvgIpc) is 2.94. The Bertz CT molecular complexity index is 560. The first-order valence-electron chi connectivity index (χ1n) is 6.50. The Morgan fingerprint density at radius 3 is 2.64 bits per heavy atom. The fourth-order valence-electron chi connectivity index (χ4n) is 2.11. The molecule has 2 rings (SSSR count). The second kappa shape index (κ2) is 6.20. The van der Waals surface area contributed by atoms with Gasteiger partial charge in [0.05, 0.1) is 11.5 Å². The van der Waals surface area contributed by atoms with E-state index in [0.29, 0.717) is 13.0 Å². The molecule has 1 aromatic heterocycles. The quantitative estimate of drug-likeness (QED) is 0.896. The molecule has 1 saturated heterocycles. The Morgan fingerprint density at radius 1 is 1.41 bits per heavy atom. The number of nitrogens with zero attached hydrogens (tertiary/aromatic N) is 2. The van der Waals surface area contributed by atoms with Crippen molar-refractivity contribution in [2.75, 3.05) is 19.7 Å². The van der Waals surface area contributed by atoms with Crippen molar-refractivity contribution in [2.45, 2.75) is 12.6 Å². The predicted octanol–water partition coefficient (Wildman–Crippen LogP) is 0.970. The predicted molar refractivity (Wildman–Crippen MR) is 69.0 cm³/mol. The Balaban J connectivity index is 1.96. The molecule has 2 N–H and O–H groups in total. The van der Waals surface area contributed by atoms with Crippen LogP contribution in [0.25, 0.3) is 0 Å². The van der Waals surface area contributed by atoms with Crippen LogP contribution >= 0.6 is 0 Å². The minimum Gasteiger partial charge on any atom is -0.468 e. The van der Waals surface area contributed by atoms with Crippen molar-refractivity contribution in [3.05, 3.63) is 23.9 Å². The lowest BCUT2D eigenvalue weighted by Gasteiger charge is -2.16. The summed E-state index contributed by atoms with van der Waals surface area (Å²) in [5.74, 6) is -1.39. The van der Waals surface area contributed by atoms with Crippen molar-refractivity contribution >= 4 is 11.8 Å². The lowest BCUT2D eigenvalue weighted by Crippen LogP contribution is -2.31. The van der Waals surface area contributed by atoms with Crippen LogP contribution in [-0.2, 0) is 4.79 Å². The van der Waals surface area contributed by atoms with Crippen molar-refractivity contribution in [1.29, 1.82) is 0 Å². The van der Waals surface area contributed by atoms with Crippen molar-refractivity contribution in [3.8, 4) is 5.88 Å². The van der Waals surface area contributed by atoms with E-state index in [2.05, 4.69) is 9.72 Å². The molecule has 0 unspecified atom stereocenters. The van der Waals surface area contributed by atoms with E-state index in [0.717, 1.165) is 6.20 Å². The summed E-state index contributed by atoms with van der Waals surface area (Å²) in [4.78, 5) is 28.4. The Morgan fingerprint density at radius 2 is 2.14 bits per heavy atom. The Labute approximate surface area is 124 Å². The van der Waals surface area contributed by atoms with Crippen LogP contribution in [0.2, 0.25) is 0 Å². The molecule has 120 valence electrons. The molecule has 0 saturated carbocycles. The first kappa shape index (κ1) is 16.1. The topological polar surface area (TPSA) is 85.5 Å². The van der Waals surface area contributed by atoms with E-state index < -0.39 is 18.7 Å². The normalized spacial score (nSPS) is 18.3. The largest absolute Gasteiger partial charge is 0.468 e. The lowest BCUT2D eigenvalue weighted by molar-refractivity contribution is -0.154. The number of pyridine rings is 1. The van der Waals surface area contributed by atoms with Crippen LogP contribution in [0.5, 0.6) is 5.88 Å². The van der Waals surface area contributed by atoms with Crippen LogP contribution in [-0.4, -0.2) is 47.6 Å². The average molecular weight is 317 g/mol. The molecule has 1 aliphatic heterocycles. The second-order valence-electron chi connectivity index (χ2n) is 4.93. The highest BCUT2D eigenvalue weighted by molar-refractivity contribution is 5.94. The second-order valence-corrected chi connectivity index (χ2v) is 4.93. The fraction of sp³-hybridized carbons (Fsp3) is 0.462. The summed E-state index contributed by atoms with van der Waals surface area (Å²) in [6, 6.07) is 2.53. The van der Waals surface area contributed by atoms with E-state index in [1.165, 1.54) is 17.0 Å². The van der Waals surface area contributed by atoms with Gasteiger partial charge in [0.15, 0.2) is 6.61 Å². The number of amides is 2. The van der Waals surface area contributed by atoms with Crippen LogP contribution in [0.1, 0.15) is 16.8 Å². The van der Waals surface area contributed by atoms with Crippen LogP contribution in [0.3, 0.4) is 0 Å². The number of nitrogens with two attached hydrogens (primary N) is 1. The summed E-state index contributed by atoms with van der Waals surface area (Å²) in [5, 5.41) is 0. The van der Waals surface area contributed by atoms with E-state index in [4.69, 9.17) is 5.73 Å². The van der Waals surface area contributed by atoms with Gasteiger partial charge < -0.3 is 15.4 Å². The summed E-state index contributed by atoms with van der Waals surface area (Å²) < 4.78 is 40.5. The van der Waals surface area contributed by atoms with Gasteiger partial charge in [-0.2, -0.15) is 13.2 Å². The SMILES string of the molecule is NC(=O)[C@H]1CCN(C(=O)c2ccc(OCC(F)(F)F)nc2)C1. The first-order valence-corrected chi connectivity index (χ1v) is 6.50.